The van der Waals surface area contributed by atoms with Crippen LogP contribution in [0.3, 0.4) is 0 Å². The molecule has 0 heterocycles. The highest BCUT2D eigenvalue weighted by Crippen LogP contribution is 2.57. The van der Waals surface area contributed by atoms with Gasteiger partial charge in [0, 0.05) is 18.1 Å². The number of hydrogen-bond acceptors (Lipinski definition) is 3. The number of nitrogens with one attached hydrogen (secondary N) is 2. The van der Waals surface area contributed by atoms with E-state index in [1.807, 2.05) is 13.8 Å². The quantitative estimate of drug-likeness (QED) is 0.700. The summed E-state index contributed by atoms with van der Waals surface area (Å²) in [5.41, 5.74) is -0.289. The first-order chi connectivity index (χ1) is 10.0. The van der Waals surface area contributed by atoms with E-state index in [4.69, 9.17) is 4.74 Å². The Balaban J connectivity index is 1.53. The van der Waals surface area contributed by atoms with Gasteiger partial charge < -0.3 is 20.5 Å². The van der Waals surface area contributed by atoms with Crippen LogP contribution >= 0.6 is 0 Å². The van der Waals surface area contributed by atoms with Crippen molar-refractivity contribution in [1.82, 2.24) is 10.6 Å². The van der Waals surface area contributed by atoms with Crippen LogP contribution in [0, 0.1) is 11.3 Å². The Morgan fingerprint density at radius 2 is 2.14 bits per heavy atom. The Bertz CT molecular complexity index is 406. The molecule has 5 nitrogen and oxygen atoms in total. The molecular formula is C16H28N2O3. The molecule has 0 unspecified atom stereocenters. The van der Waals surface area contributed by atoms with Gasteiger partial charge in [0.05, 0.1) is 18.2 Å². The lowest BCUT2D eigenvalue weighted by Crippen LogP contribution is -2.69. The van der Waals surface area contributed by atoms with Crippen LogP contribution in [0.4, 0.5) is 4.79 Å². The summed E-state index contributed by atoms with van der Waals surface area (Å²) in [6.45, 7) is 4.72. The third kappa shape index (κ3) is 2.55. The number of hydrogen-bond donors (Lipinski definition) is 3. The molecular weight excluding hydrogens is 268 g/mol. The summed E-state index contributed by atoms with van der Waals surface area (Å²) in [4.78, 5) is 12.3. The maximum Gasteiger partial charge on any atom is 0.315 e. The van der Waals surface area contributed by atoms with Crippen LogP contribution in [0.25, 0.3) is 0 Å². The van der Waals surface area contributed by atoms with Gasteiger partial charge in [-0.1, -0.05) is 6.42 Å². The number of rotatable bonds is 6. The highest BCUT2D eigenvalue weighted by molar-refractivity contribution is 5.75. The molecule has 3 saturated carbocycles. The van der Waals surface area contributed by atoms with Crippen LogP contribution in [0.1, 0.15) is 52.4 Å². The number of amides is 2. The van der Waals surface area contributed by atoms with Crippen LogP contribution < -0.4 is 10.6 Å². The van der Waals surface area contributed by atoms with E-state index >= 15 is 0 Å². The fourth-order valence-electron chi connectivity index (χ4n) is 4.09. The van der Waals surface area contributed by atoms with Crippen molar-refractivity contribution in [3.63, 3.8) is 0 Å². The fourth-order valence-corrected chi connectivity index (χ4v) is 4.09. The minimum Gasteiger partial charge on any atom is -0.394 e. The van der Waals surface area contributed by atoms with Crippen molar-refractivity contribution in [3.8, 4) is 0 Å². The van der Waals surface area contributed by atoms with Gasteiger partial charge in [0.15, 0.2) is 0 Å². The molecule has 0 aliphatic heterocycles. The molecule has 0 radical (unpaired) electrons. The highest BCUT2D eigenvalue weighted by Gasteiger charge is 2.59. The number of aliphatic hydroxyl groups is 1. The molecule has 2 amide bonds. The molecule has 21 heavy (non-hydrogen) atoms. The van der Waals surface area contributed by atoms with Crippen LogP contribution in [-0.4, -0.2) is 42.0 Å². The normalized spacial score (nSPS) is 32.7. The zero-order valence-electron chi connectivity index (χ0n) is 13.2. The number of urea groups is 1. The lowest BCUT2D eigenvalue weighted by Gasteiger charge is -2.61. The third-order valence-corrected chi connectivity index (χ3v) is 5.95. The fraction of sp³-hybridized carbons (Fsp3) is 0.938. The van der Waals surface area contributed by atoms with Crippen LogP contribution in [0.2, 0.25) is 0 Å². The van der Waals surface area contributed by atoms with Crippen molar-refractivity contribution < 1.29 is 14.6 Å². The van der Waals surface area contributed by atoms with Crippen molar-refractivity contribution >= 4 is 6.03 Å². The standard InChI is InChI=1S/C16H28N2O3/c1-3-21-13-9-12(16(13)7-4-8-16)17-14(20)18-15(2,10-19)11-5-6-11/h11-13,19H,3-10H2,1-2H3,(H2,17,18,20)/t12-,13+,15-/m0/s1. The zero-order chi connectivity index (χ0) is 15.1. The predicted molar refractivity (Wildman–Crippen MR) is 80.0 cm³/mol. The second-order valence-corrected chi connectivity index (χ2v) is 7.27. The van der Waals surface area contributed by atoms with Gasteiger partial charge in [0.2, 0.25) is 0 Å². The molecule has 0 bridgehead atoms. The molecule has 3 rings (SSSR count). The first-order valence-corrected chi connectivity index (χ1v) is 8.35. The Kier molecular flexibility index (Phi) is 3.91. The maximum absolute atomic E-state index is 12.3. The maximum atomic E-state index is 12.3. The number of carbonyl (C=O) groups excluding carboxylic acids is 1. The summed E-state index contributed by atoms with van der Waals surface area (Å²) in [5.74, 6) is 0.420. The third-order valence-electron chi connectivity index (χ3n) is 5.95. The first kappa shape index (κ1) is 15.1. The van der Waals surface area contributed by atoms with Gasteiger partial charge in [-0.2, -0.15) is 0 Å². The van der Waals surface area contributed by atoms with E-state index in [2.05, 4.69) is 10.6 Å². The lowest BCUT2D eigenvalue weighted by atomic mass is 9.51. The largest absolute Gasteiger partial charge is 0.394 e. The molecule has 0 aromatic rings. The highest BCUT2D eigenvalue weighted by atomic mass is 16.5. The van der Waals surface area contributed by atoms with E-state index in [1.165, 1.54) is 6.42 Å². The van der Waals surface area contributed by atoms with E-state index < -0.39 is 5.54 Å². The van der Waals surface area contributed by atoms with Gasteiger partial charge in [-0.05, 0) is 51.9 Å². The van der Waals surface area contributed by atoms with E-state index in [9.17, 15) is 9.90 Å². The minimum atomic E-state index is -0.472. The Hall–Kier alpha value is -0.810. The van der Waals surface area contributed by atoms with Crippen LogP contribution in [0.15, 0.2) is 0 Å². The van der Waals surface area contributed by atoms with Crippen molar-refractivity contribution in [2.75, 3.05) is 13.2 Å². The molecule has 0 saturated heterocycles. The molecule has 5 heteroatoms. The van der Waals surface area contributed by atoms with Gasteiger partial charge in [0.1, 0.15) is 0 Å². The van der Waals surface area contributed by atoms with Gasteiger partial charge >= 0.3 is 6.03 Å². The number of ether oxygens (including phenoxy) is 1. The topological polar surface area (TPSA) is 70.6 Å². The number of aliphatic hydroxyl groups excluding tert-OH is 1. The van der Waals surface area contributed by atoms with E-state index in [0.717, 1.165) is 38.7 Å². The van der Waals surface area contributed by atoms with Gasteiger partial charge in [0.25, 0.3) is 0 Å². The molecule has 3 N–H and O–H groups in total. The predicted octanol–water partition coefficient (Wildman–Crippen LogP) is 1.79. The summed E-state index contributed by atoms with van der Waals surface area (Å²) in [6, 6.07) is 0.0922. The summed E-state index contributed by atoms with van der Waals surface area (Å²) >= 11 is 0. The summed E-state index contributed by atoms with van der Waals surface area (Å²) < 4.78 is 5.81. The van der Waals surface area contributed by atoms with Crippen molar-refractivity contribution in [3.05, 3.63) is 0 Å². The van der Waals surface area contributed by atoms with Crippen molar-refractivity contribution in [2.24, 2.45) is 11.3 Å². The smallest absolute Gasteiger partial charge is 0.315 e. The minimum absolute atomic E-state index is 0.00245. The molecule has 1 spiro atoms. The van der Waals surface area contributed by atoms with Gasteiger partial charge in [-0.25, -0.2) is 4.79 Å². The van der Waals surface area contributed by atoms with Gasteiger partial charge in [-0.15, -0.1) is 0 Å². The second-order valence-electron chi connectivity index (χ2n) is 7.27. The SMILES string of the molecule is CCO[C@@H]1C[C@H](NC(=O)N[C@@](C)(CO)C2CC2)C12CCC2. The summed E-state index contributed by atoms with van der Waals surface area (Å²) in [5, 5.41) is 15.7. The summed E-state index contributed by atoms with van der Waals surface area (Å²) in [6.07, 6.45) is 6.97. The van der Waals surface area contributed by atoms with E-state index in [1.54, 1.807) is 0 Å². The summed E-state index contributed by atoms with van der Waals surface area (Å²) in [7, 11) is 0. The lowest BCUT2D eigenvalue weighted by molar-refractivity contribution is -0.169. The average Bonchev–Trinajstić information content (AvgIpc) is 3.19. The molecule has 3 fully saturated rings. The molecule has 3 aliphatic carbocycles. The zero-order valence-corrected chi connectivity index (χ0v) is 13.2. The van der Waals surface area contributed by atoms with Crippen molar-refractivity contribution in [1.29, 1.82) is 0 Å². The van der Waals surface area contributed by atoms with Crippen LogP contribution in [0.5, 0.6) is 0 Å². The Labute approximate surface area is 126 Å². The van der Waals surface area contributed by atoms with E-state index in [0.29, 0.717) is 12.0 Å². The molecule has 120 valence electrons. The number of carbonyl (C=O) groups is 1. The molecule has 3 atom stereocenters. The monoisotopic (exact) mass is 296 g/mol. The van der Waals surface area contributed by atoms with Crippen LogP contribution in [-0.2, 0) is 4.74 Å². The second kappa shape index (κ2) is 5.43. The van der Waals surface area contributed by atoms with Crippen molar-refractivity contribution in [2.45, 2.75) is 70.1 Å². The average molecular weight is 296 g/mol. The first-order valence-electron chi connectivity index (χ1n) is 8.35. The molecule has 3 aliphatic rings. The molecule has 0 aromatic carbocycles. The Morgan fingerprint density at radius 3 is 2.62 bits per heavy atom. The molecule has 0 aromatic heterocycles. The Morgan fingerprint density at radius 1 is 1.43 bits per heavy atom. The van der Waals surface area contributed by atoms with E-state index in [-0.39, 0.29) is 24.1 Å². The van der Waals surface area contributed by atoms with Gasteiger partial charge in [-0.3, -0.25) is 0 Å².